The van der Waals surface area contributed by atoms with Gasteiger partial charge < -0.3 is 9.64 Å². The van der Waals surface area contributed by atoms with Crippen LogP contribution in [0.5, 0.6) is 0 Å². The lowest BCUT2D eigenvalue weighted by Gasteiger charge is -2.33. The van der Waals surface area contributed by atoms with Crippen molar-refractivity contribution in [1.29, 1.82) is 0 Å². The van der Waals surface area contributed by atoms with E-state index in [4.69, 9.17) is 4.74 Å². The number of hydrogen-bond donors (Lipinski definition) is 0. The van der Waals surface area contributed by atoms with Crippen molar-refractivity contribution in [2.24, 2.45) is 17.8 Å². The summed E-state index contributed by atoms with van der Waals surface area (Å²) in [5.41, 5.74) is 1.21. The van der Waals surface area contributed by atoms with E-state index in [2.05, 4.69) is 19.9 Å². The molecule has 0 bridgehead atoms. The fraction of sp³-hybridized carbons (Fsp3) is 0.842. The zero-order chi connectivity index (χ0) is 16.3. The predicted octanol–water partition coefficient (Wildman–Crippen LogP) is 5.02. The molecule has 0 aromatic carbocycles. The highest BCUT2D eigenvalue weighted by molar-refractivity contribution is 5.68. The van der Waals surface area contributed by atoms with Gasteiger partial charge in [-0.1, -0.05) is 25.0 Å². The molecule has 2 unspecified atom stereocenters. The first-order valence-electron chi connectivity index (χ1n) is 8.96. The lowest BCUT2D eigenvalue weighted by atomic mass is 9.90. The molecule has 126 valence electrons. The maximum atomic E-state index is 12.1. The van der Waals surface area contributed by atoms with E-state index >= 15 is 0 Å². The van der Waals surface area contributed by atoms with Gasteiger partial charge >= 0.3 is 6.09 Å². The van der Waals surface area contributed by atoms with Crippen molar-refractivity contribution in [2.75, 3.05) is 13.1 Å². The molecule has 0 spiro atoms. The van der Waals surface area contributed by atoms with Crippen molar-refractivity contribution >= 4 is 6.09 Å². The number of carbonyl (C=O) groups excluding carboxylic acids is 1. The molecule has 1 saturated heterocycles. The minimum Gasteiger partial charge on any atom is -0.444 e. The Balaban J connectivity index is 1.76. The molecule has 3 nitrogen and oxygen atoms in total. The molecule has 1 aliphatic heterocycles. The number of rotatable bonds is 4. The second kappa shape index (κ2) is 7.06. The van der Waals surface area contributed by atoms with Gasteiger partial charge in [0.1, 0.15) is 5.60 Å². The van der Waals surface area contributed by atoms with E-state index in [0.717, 1.165) is 43.7 Å². The Morgan fingerprint density at radius 2 is 1.91 bits per heavy atom. The van der Waals surface area contributed by atoms with Gasteiger partial charge in [0.15, 0.2) is 0 Å². The van der Waals surface area contributed by atoms with E-state index in [-0.39, 0.29) is 6.09 Å². The Kier molecular flexibility index (Phi) is 5.57. The molecule has 0 N–H and O–H groups in total. The summed E-state index contributed by atoms with van der Waals surface area (Å²) in [4.78, 5) is 14.0. The molecule has 0 aromatic heterocycles. The number of nitrogens with zero attached hydrogens (tertiary/aromatic N) is 1. The summed E-state index contributed by atoms with van der Waals surface area (Å²) in [5.74, 6) is 2.49. The van der Waals surface area contributed by atoms with E-state index in [1.807, 2.05) is 25.7 Å². The monoisotopic (exact) mass is 307 g/mol. The van der Waals surface area contributed by atoms with Crippen LogP contribution < -0.4 is 0 Å². The van der Waals surface area contributed by atoms with Crippen molar-refractivity contribution in [3.63, 3.8) is 0 Å². The first-order chi connectivity index (χ1) is 10.3. The number of likely N-dealkylation sites (tertiary alicyclic amines) is 1. The second-order valence-corrected chi connectivity index (χ2v) is 8.05. The fourth-order valence-corrected chi connectivity index (χ4v) is 3.62. The van der Waals surface area contributed by atoms with Crippen molar-refractivity contribution in [3.05, 3.63) is 11.6 Å². The average molecular weight is 307 g/mol. The molecule has 0 aromatic rings. The highest BCUT2D eigenvalue weighted by Crippen LogP contribution is 2.51. The highest BCUT2D eigenvalue weighted by atomic mass is 16.6. The Labute approximate surface area is 136 Å². The van der Waals surface area contributed by atoms with Crippen molar-refractivity contribution in [1.82, 2.24) is 4.90 Å². The van der Waals surface area contributed by atoms with Gasteiger partial charge in [0.05, 0.1) is 0 Å². The lowest BCUT2D eigenvalue weighted by molar-refractivity contribution is 0.0174. The average Bonchev–Trinajstić information content (AvgIpc) is 3.23. The molecule has 2 rings (SSSR count). The lowest BCUT2D eigenvalue weighted by Crippen LogP contribution is -2.42. The van der Waals surface area contributed by atoms with Gasteiger partial charge in [0.2, 0.25) is 0 Å². The standard InChI is InChI=1S/C19H33NO2/c1-6-7-8-14(2)16-13-17(16)15-9-11-20(12-10-15)18(21)22-19(3,4)5/h8,15-17H,6-7,9-13H2,1-5H3. The third-order valence-electron chi connectivity index (χ3n) is 4.98. The normalized spacial score (nSPS) is 27.0. The molecule has 2 aliphatic rings. The van der Waals surface area contributed by atoms with Gasteiger partial charge in [0, 0.05) is 13.1 Å². The van der Waals surface area contributed by atoms with E-state index in [1.54, 1.807) is 5.57 Å². The van der Waals surface area contributed by atoms with Gasteiger partial charge in [-0.05, 0) is 71.1 Å². The Bertz CT molecular complexity index is 414. The van der Waals surface area contributed by atoms with Gasteiger partial charge in [-0.15, -0.1) is 0 Å². The molecule has 22 heavy (non-hydrogen) atoms. The maximum absolute atomic E-state index is 12.1. The van der Waals surface area contributed by atoms with Crippen molar-refractivity contribution < 1.29 is 9.53 Å². The van der Waals surface area contributed by atoms with Crippen LogP contribution in [0.25, 0.3) is 0 Å². The van der Waals surface area contributed by atoms with Gasteiger partial charge in [-0.25, -0.2) is 4.79 Å². The van der Waals surface area contributed by atoms with Gasteiger partial charge in [-0.2, -0.15) is 0 Å². The quantitative estimate of drug-likeness (QED) is 0.683. The smallest absolute Gasteiger partial charge is 0.410 e. The number of hydrogen-bond acceptors (Lipinski definition) is 2. The topological polar surface area (TPSA) is 29.5 Å². The Morgan fingerprint density at radius 3 is 2.45 bits per heavy atom. The van der Waals surface area contributed by atoms with E-state index < -0.39 is 5.60 Å². The number of allylic oxidation sites excluding steroid dienone is 2. The molecule has 3 heteroatoms. The zero-order valence-electron chi connectivity index (χ0n) is 15.0. The largest absolute Gasteiger partial charge is 0.444 e. The summed E-state index contributed by atoms with van der Waals surface area (Å²) in [6.07, 6.45) is 8.39. The molecule has 2 fully saturated rings. The Hall–Kier alpha value is -0.990. The molecular formula is C19H33NO2. The van der Waals surface area contributed by atoms with E-state index in [0.29, 0.717) is 0 Å². The van der Waals surface area contributed by atoms with Crippen molar-refractivity contribution in [2.45, 2.75) is 72.3 Å². The van der Waals surface area contributed by atoms with Crippen LogP contribution in [0.15, 0.2) is 11.6 Å². The van der Waals surface area contributed by atoms with Crippen molar-refractivity contribution in [3.8, 4) is 0 Å². The molecule has 0 radical (unpaired) electrons. The molecule has 1 saturated carbocycles. The van der Waals surface area contributed by atoms with Gasteiger partial charge in [-0.3, -0.25) is 0 Å². The minimum atomic E-state index is -0.392. The highest BCUT2D eigenvalue weighted by Gasteiger charge is 2.44. The van der Waals surface area contributed by atoms with Crippen LogP contribution in [-0.4, -0.2) is 29.7 Å². The maximum Gasteiger partial charge on any atom is 0.410 e. The fourth-order valence-electron chi connectivity index (χ4n) is 3.62. The number of carbonyl (C=O) groups is 1. The number of unbranched alkanes of at least 4 members (excludes halogenated alkanes) is 1. The van der Waals surface area contributed by atoms with Crippen LogP contribution in [0.3, 0.4) is 0 Å². The third-order valence-corrected chi connectivity index (χ3v) is 4.98. The number of ether oxygens (including phenoxy) is 1. The summed E-state index contributed by atoms with van der Waals surface area (Å²) in [5, 5.41) is 0. The first kappa shape index (κ1) is 17.4. The van der Waals surface area contributed by atoms with Crippen LogP contribution in [-0.2, 0) is 4.74 Å². The minimum absolute atomic E-state index is 0.141. The SMILES string of the molecule is CCCC=C(C)C1CC1C1CCN(C(=O)OC(C)(C)C)CC1. The zero-order valence-corrected chi connectivity index (χ0v) is 15.0. The number of amides is 1. The van der Waals surface area contributed by atoms with Crippen LogP contribution in [0.2, 0.25) is 0 Å². The predicted molar refractivity (Wildman–Crippen MR) is 90.8 cm³/mol. The van der Waals surface area contributed by atoms with Gasteiger partial charge in [0.25, 0.3) is 0 Å². The summed E-state index contributed by atoms with van der Waals surface area (Å²) in [6.45, 7) is 12.0. The van der Waals surface area contributed by atoms with Crippen LogP contribution in [0, 0.1) is 17.8 Å². The molecule has 1 amide bonds. The summed E-state index contributed by atoms with van der Waals surface area (Å²) in [7, 11) is 0. The first-order valence-corrected chi connectivity index (χ1v) is 8.96. The second-order valence-electron chi connectivity index (χ2n) is 8.05. The van der Waals surface area contributed by atoms with Crippen LogP contribution >= 0.6 is 0 Å². The summed E-state index contributed by atoms with van der Waals surface area (Å²) < 4.78 is 5.47. The molecule has 2 atom stereocenters. The molecular weight excluding hydrogens is 274 g/mol. The number of piperidine rings is 1. The molecule has 1 heterocycles. The summed E-state index contributed by atoms with van der Waals surface area (Å²) >= 11 is 0. The van der Waals surface area contributed by atoms with E-state index in [9.17, 15) is 4.79 Å². The third kappa shape index (κ3) is 4.76. The Morgan fingerprint density at radius 1 is 1.27 bits per heavy atom. The van der Waals surface area contributed by atoms with E-state index in [1.165, 1.54) is 19.3 Å². The van der Waals surface area contributed by atoms with Crippen LogP contribution in [0.1, 0.15) is 66.7 Å². The summed E-state index contributed by atoms with van der Waals surface area (Å²) in [6, 6.07) is 0. The molecule has 1 aliphatic carbocycles. The van der Waals surface area contributed by atoms with Crippen LogP contribution in [0.4, 0.5) is 4.79 Å².